The minimum absolute atomic E-state index is 0.0205. The molecule has 2 aliphatic heterocycles. The average Bonchev–Trinajstić information content (AvgIpc) is 3.24. The van der Waals surface area contributed by atoms with Gasteiger partial charge in [-0.1, -0.05) is 50.2 Å². The van der Waals surface area contributed by atoms with Gasteiger partial charge < -0.3 is 23.9 Å². The van der Waals surface area contributed by atoms with E-state index in [2.05, 4.69) is 37.1 Å². The van der Waals surface area contributed by atoms with E-state index >= 15 is 0 Å². The van der Waals surface area contributed by atoms with Crippen LogP contribution in [0.25, 0.3) is 22.1 Å². The highest BCUT2D eigenvalue weighted by Crippen LogP contribution is 2.39. The minimum atomic E-state index is -0.628. The maximum atomic E-state index is 13.7. The van der Waals surface area contributed by atoms with E-state index < -0.39 is 18.3 Å². The number of piperidine rings is 1. The number of nitrogens with zero attached hydrogens (tertiary/aromatic N) is 1. The maximum absolute atomic E-state index is 13.7. The van der Waals surface area contributed by atoms with E-state index in [0.29, 0.717) is 33.4 Å². The molecule has 3 heterocycles. The number of carbonyl (C=O) groups excluding carboxylic acids is 1. The molecule has 0 aliphatic carbocycles. The van der Waals surface area contributed by atoms with E-state index in [4.69, 9.17) is 13.7 Å². The van der Waals surface area contributed by atoms with Gasteiger partial charge in [-0.15, -0.1) is 0 Å². The maximum Gasteiger partial charge on any atom is 0.495 e. The Morgan fingerprint density at radius 2 is 1.57 bits per heavy atom. The van der Waals surface area contributed by atoms with Crippen LogP contribution in [-0.2, 0) is 9.31 Å². The topological polar surface area (TPSA) is 81.0 Å². The first kappa shape index (κ1) is 33.0. The van der Waals surface area contributed by atoms with Crippen molar-refractivity contribution in [2.75, 3.05) is 23.3 Å². The lowest BCUT2D eigenvalue weighted by Gasteiger charge is -2.37. The molecular formula is C39H47BN2O5. The summed E-state index contributed by atoms with van der Waals surface area (Å²) in [5.74, 6) is 0.680. The summed E-state index contributed by atoms with van der Waals surface area (Å²) in [6.07, 6.45) is 2.96. The fourth-order valence-electron chi connectivity index (χ4n) is 6.70. The molecule has 2 aliphatic rings. The van der Waals surface area contributed by atoms with E-state index in [0.717, 1.165) is 60.2 Å². The number of benzene rings is 3. The van der Waals surface area contributed by atoms with Gasteiger partial charge in [-0.05, 0) is 102 Å². The van der Waals surface area contributed by atoms with Crippen molar-refractivity contribution >= 4 is 41.4 Å². The van der Waals surface area contributed by atoms with Crippen molar-refractivity contribution in [3.8, 4) is 11.1 Å². The molecule has 0 saturated carbocycles. The first-order chi connectivity index (χ1) is 22.1. The van der Waals surface area contributed by atoms with Crippen molar-refractivity contribution in [1.29, 1.82) is 0 Å². The molecule has 0 amide bonds. The summed E-state index contributed by atoms with van der Waals surface area (Å²) in [7, 11) is -0.628. The number of aldehydes is 1. The van der Waals surface area contributed by atoms with Crippen molar-refractivity contribution in [3.05, 3.63) is 87.1 Å². The van der Waals surface area contributed by atoms with Gasteiger partial charge in [0.15, 0.2) is 5.43 Å². The molecule has 47 heavy (non-hydrogen) atoms. The largest absolute Gasteiger partial charge is 0.495 e. The van der Waals surface area contributed by atoms with Crippen LogP contribution in [0, 0.1) is 19.3 Å². The van der Waals surface area contributed by atoms with Gasteiger partial charge in [-0.3, -0.25) is 9.59 Å². The first-order valence-electron chi connectivity index (χ1n) is 16.7. The summed E-state index contributed by atoms with van der Waals surface area (Å²) in [5, 5.41) is 4.31. The fourth-order valence-corrected chi connectivity index (χ4v) is 6.70. The van der Waals surface area contributed by atoms with E-state index in [1.165, 1.54) is 0 Å². The Labute approximate surface area is 278 Å². The van der Waals surface area contributed by atoms with Crippen LogP contribution in [0.2, 0.25) is 0 Å². The quantitative estimate of drug-likeness (QED) is 0.163. The number of hydrogen-bond donors (Lipinski definition) is 1. The van der Waals surface area contributed by atoms with Crippen molar-refractivity contribution < 1.29 is 18.5 Å². The molecule has 0 spiro atoms. The van der Waals surface area contributed by atoms with Crippen LogP contribution in [0.15, 0.2) is 63.8 Å². The molecule has 1 N–H and O–H groups in total. The number of nitrogens with one attached hydrogen (secondary N) is 1. The highest BCUT2D eigenvalue weighted by atomic mass is 16.7. The summed E-state index contributed by atoms with van der Waals surface area (Å²) in [6.45, 7) is 20.3. The standard InChI is InChI=1S/C39H47BN2O5/c1-24-20-30(35-31(21-24)34(44)25(2)36(45-35)42-18-16-37(4,5)17-19-42)26(3)41-33-13-11-10-12-29(33)27-14-15-32(28(22-27)23-43)40-46-38(6,7)39(8,9)47-40/h10-15,20-23,26,41H,16-19H2,1-9H3/t26-/m0/s1. The molecule has 3 aromatic carbocycles. The molecule has 1 atom stereocenters. The van der Waals surface area contributed by atoms with Gasteiger partial charge in [0, 0.05) is 35.5 Å². The zero-order chi connectivity index (χ0) is 33.9. The average molecular weight is 635 g/mol. The van der Waals surface area contributed by atoms with E-state index in [-0.39, 0.29) is 16.9 Å². The lowest BCUT2D eigenvalue weighted by Crippen LogP contribution is -2.41. The van der Waals surface area contributed by atoms with E-state index in [1.807, 2.05) is 90.1 Å². The Morgan fingerprint density at radius 3 is 2.23 bits per heavy atom. The fraction of sp³-hybridized carbons (Fsp3) is 0.436. The van der Waals surface area contributed by atoms with Crippen molar-refractivity contribution in [1.82, 2.24) is 0 Å². The second-order valence-corrected chi connectivity index (χ2v) is 15.2. The molecule has 2 fully saturated rings. The third-order valence-electron chi connectivity index (χ3n) is 10.6. The Hall–Kier alpha value is -3.88. The molecule has 6 rings (SSSR count). The number of rotatable bonds is 7. The summed E-state index contributed by atoms with van der Waals surface area (Å²) >= 11 is 0. The summed E-state index contributed by atoms with van der Waals surface area (Å²) < 4.78 is 19.2. The molecule has 8 heteroatoms. The Balaban J connectivity index is 1.34. The third kappa shape index (κ3) is 6.14. The highest BCUT2D eigenvalue weighted by Gasteiger charge is 2.52. The molecule has 0 radical (unpaired) electrons. The van der Waals surface area contributed by atoms with Crippen molar-refractivity contribution in [2.24, 2.45) is 5.41 Å². The first-order valence-corrected chi connectivity index (χ1v) is 16.7. The van der Waals surface area contributed by atoms with Gasteiger partial charge in [0.2, 0.25) is 5.88 Å². The number of fused-ring (bicyclic) bond motifs is 1. The summed E-state index contributed by atoms with van der Waals surface area (Å²) in [5.41, 5.74) is 6.50. The SMILES string of the molecule is Cc1cc([C@H](C)Nc2ccccc2-c2ccc(B3OC(C)(C)C(C)(C)O3)c(C=O)c2)c2oc(N3CCC(C)(C)CC3)c(C)c(=O)c2c1. The van der Waals surface area contributed by atoms with Gasteiger partial charge in [0.25, 0.3) is 0 Å². The molecule has 1 aromatic heterocycles. The number of hydrogen-bond acceptors (Lipinski definition) is 7. The van der Waals surface area contributed by atoms with Gasteiger partial charge >= 0.3 is 7.12 Å². The van der Waals surface area contributed by atoms with Crippen LogP contribution in [0.3, 0.4) is 0 Å². The number of carbonyl (C=O) groups is 1. The molecule has 2 saturated heterocycles. The zero-order valence-corrected chi connectivity index (χ0v) is 29.2. The van der Waals surface area contributed by atoms with Crippen LogP contribution < -0.4 is 21.1 Å². The monoisotopic (exact) mass is 634 g/mol. The highest BCUT2D eigenvalue weighted by molar-refractivity contribution is 6.63. The van der Waals surface area contributed by atoms with Gasteiger partial charge in [-0.2, -0.15) is 0 Å². The van der Waals surface area contributed by atoms with Crippen LogP contribution in [0.5, 0.6) is 0 Å². The van der Waals surface area contributed by atoms with Crippen LogP contribution in [0.4, 0.5) is 11.6 Å². The second-order valence-electron chi connectivity index (χ2n) is 15.2. The van der Waals surface area contributed by atoms with E-state index in [1.54, 1.807) is 0 Å². The Bertz CT molecular complexity index is 1880. The number of para-hydroxylation sites is 1. The normalized spacial score (nSPS) is 19.2. The Kier molecular flexibility index (Phi) is 8.42. The number of aryl methyl sites for hydroxylation is 1. The number of anilines is 2. The van der Waals surface area contributed by atoms with Gasteiger partial charge in [0.1, 0.15) is 11.9 Å². The second kappa shape index (κ2) is 12.0. The lowest BCUT2D eigenvalue weighted by atomic mass is 9.75. The van der Waals surface area contributed by atoms with Gasteiger partial charge in [-0.25, -0.2) is 0 Å². The predicted molar refractivity (Wildman–Crippen MR) is 192 cm³/mol. The minimum Gasteiger partial charge on any atom is -0.440 e. The predicted octanol–water partition coefficient (Wildman–Crippen LogP) is 7.99. The van der Waals surface area contributed by atoms with Gasteiger partial charge in [0.05, 0.1) is 28.2 Å². The Morgan fingerprint density at radius 1 is 0.915 bits per heavy atom. The smallest absolute Gasteiger partial charge is 0.440 e. The van der Waals surface area contributed by atoms with E-state index in [9.17, 15) is 9.59 Å². The molecule has 0 unspecified atom stereocenters. The molecule has 4 aromatic rings. The molecule has 7 nitrogen and oxygen atoms in total. The molecule has 246 valence electrons. The zero-order valence-electron chi connectivity index (χ0n) is 29.2. The van der Waals surface area contributed by atoms with Crippen LogP contribution >= 0.6 is 0 Å². The third-order valence-corrected chi connectivity index (χ3v) is 10.6. The summed E-state index contributed by atoms with van der Waals surface area (Å²) in [4.78, 5) is 28.3. The summed E-state index contributed by atoms with van der Waals surface area (Å²) in [6, 6.07) is 17.7. The van der Waals surface area contributed by atoms with Crippen molar-refractivity contribution in [3.63, 3.8) is 0 Å². The lowest BCUT2D eigenvalue weighted by molar-refractivity contribution is 0.00578. The molecule has 0 bridgehead atoms. The molecular weight excluding hydrogens is 587 g/mol. The van der Waals surface area contributed by atoms with Crippen LogP contribution in [-0.4, -0.2) is 37.7 Å². The van der Waals surface area contributed by atoms with Crippen LogP contribution in [0.1, 0.15) is 94.4 Å². The van der Waals surface area contributed by atoms with Crippen molar-refractivity contribution in [2.45, 2.75) is 92.4 Å².